The molecule has 1 aliphatic heterocycles. The normalized spacial score (nSPS) is 32.5. The van der Waals surface area contributed by atoms with E-state index in [2.05, 4.69) is 25.6 Å². The van der Waals surface area contributed by atoms with Crippen LogP contribution >= 0.6 is 0 Å². The summed E-state index contributed by atoms with van der Waals surface area (Å²) in [4.78, 5) is 11.1. The third kappa shape index (κ3) is 2.27. The van der Waals surface area contributed by atoms with Gasteiger partial charge in [0.2, 0.25) is 5.96 Å². The highest BCUT2D eigenvalue weighted by Gasteiger charge is 2.57. The summed E-state index contributed by atoms with van der Waals surface area (Å²) in [6.45, 7) is 0.784. The number of hydrogen-bond donors (Lipinski definition) is 3. The topological polar surface area (TPSA) is 98.1 Å². The van der Waals surface area contributed by atoms with Crippen LogP contribution in [-0.2, 0) is 4.74 Å². The first-order chi connectivity index (χ1) is 9.33. The second kappa shape index (κ2) is 4.90. The molecule has 0 spiro atoms. The molecule has 0 amide bonds. The van der Waals surface area contributed by atoms with Gasteiger partial charge < -0.3 is 15.0 Å². The highest BCUT2D eigenvalue weighted by Crippen LogP contribution is 2.55. The van der Waals surface area contributed by atoms with Crippen LogP contribution in [0.4, 0.5) is 0 Å². The zero-order valence-corrected chi connectivity index (χ0v) is 10.6. The van der Waals surface area contributed by atoms with Crippen LogP contribution in [-0.4, -0.2) is 35.6 Å². The number of fused-ring (bicyclic) bond motifs is 1. The molecule has 1 saturated carbocycles. The first-order valence-corrected chi connectivity index (χ1v) is 6.33. The Morgan fingerprint density at radius 2 is 2.63 bits per heavy atom. The molecule has 19 heavy (non-hydrogen) atoms. The van der Waals surface area contributed by atoms with E-state index >= 15 is 0 Å². The van der Waals surface area contributed by atoms with Crippen LogP contribution in [0.25, 0.3) is 0 Å². The van der Waals surface area contributed by atoms with Gasteiger partial charge in [-0.2, -0.15) is 5.26 Å². The second-order valence-corrected chi connectivity index (χ2v) is 4.85. The van der Waals surface area contributed by atoms with Crippen molar-refractivity contribution in [1.29, 1.82) is 5.26 Å². The number of hydrogen-bond acceptors (Lipinski definition) is 4. The number of ether oxygens (including phenoxy) is 1. The van der Waals surface area contributed by atoms with Crippen LogP contribution in [0.5, 0.6) is 0 Å². The average Bonchev–Trinajstić information content (AvgIpc) is 2.87. The highest BCUT2D eigenvalue weighted by atomic mass is 16.5. The van der Waals surface area contributed by atoms with Gasteiger partial charge in [-0.15, -0.1) is 0 Å². The number of imidazole rings is 1. The summed E-state index contributed by atoms with van der Waals surface area (Å²) in [7, 11) is 1.64. The van der Waals surface area contributed by atoms with Crippen LogP contribution < -0.4 is 10.6 Å². The number of aliphatic imine (C=N–C) groups is 1. The molecule has 0 bridgehead atoms. The second-order valence-electron chi connectivity index (χ2n) is 4.85. The van der Waals surface area contributed by atoms with Gasteiger partial charge in [-0.05, 0) is 12.3 Å². The van der Waals surface area contributed by atoms with Crippen molar-refractivity contribution in [3.63, 3.8) is 0 Å². The summed E-state index contributed by atoms with van der Waals surface area (Å²) in [5, 5.41) is 14.2. The van der Waals surface area contributed by atoms with Crippen molar-refractivity contribution in [3.05, 3.63) is 18.2 Å². The van der Waals surface area contributed by atoms with Gasteiger partial charge in [0.1, 0.15) is 0 Å². The molecule has 7 heteroatoms. The summed E-state index contributed by atoms with van der Waals surface area (Å²) in [6, 6.07) is 0. The molecule has 1 aromatic heterocycles. The number of H-pyrrole nitrogens is 1. The number of rotatable bonds is 3. The Labute approximate surface area is 111 Å². The quantitative estimate of drug-likeness (QED) is 0.310. The van der Waals surface area contributed by atoms with Gasteiger partial charge in [-0.25, -0.2) is 4.98 Å². The molecular formula is C12H16N6O. The molecule has 3 N–H and O–H groups in total. The standard InChI is InChI=1S/C12H16N6O/c1-14-12(17-5-13)16-3-8-7-2-10(19-11(7)8)9-4-15-6-18-9/h4,6-8,10-11H,2-3H2,1H3,(H,15,18)(H2,14,16,17)/t7-,8-,10+,11-/m1/s1. The van der Waals surface area contributed by atoms with E-state index in [0.29, 0.717) is 23.9 Å². The Hall–Kier alpha value is -2.07. The van der Waals surface area contributed by atoms with Crippen molar-refractivity contribution in [1.82, 2.24) is 20.6 Å². The minimum Gasteiger partial charge on any atom is -0.368 e. The maximum Gasteiger partial charge on any atom is 0.204 e. The minimum absolute atomic E-state index is 0.158. The van der Waals surface area contributed by atoms with Gasteiger partial charge in [0.25, 0.3) is 0 Å². The van der Waals surface area contributed by atoms with Crippen LogP contribution in [0.3, 0.4) is 0 Å². The summed E-state index contributed by atoms with van der Waals surface area (Å²) < 4.78 is 5.98. The van der Waals surface area contributed by atoms with Crippen molar-refractivity contribution in [2.24, 2.45) is 16.8 Å². The molecule has 100 valence electrons. The maximum absolute atomic E-state index is 8.53. The third-order valence-corrected chi connectivity index (χ3v) is 3.83. The Morgan fingerprint density at radius 1 is 1.74 bits per heavy atom. The number of nitrogens with zero attached hydrogens (tertiary/aromatic N) is 3. The van der Waals surface area contributed by atoms with E-state index in [1.54, 1.807) is 13.4 Å². The van der Waals surface area contributed by atoms with Gasteiger partial charge in [0, 0.05) is 19.5 Å². The summed E-state index contributed by atoms with van der Waals surface area (Å²) in [5.41, 5.74) is 1.06. The van der Waals surface area contributed by atoms with Crippen molar-refractivity contribution in [2.45, 2.75) is 18.6 Å². The maximum atomic E-state index is 8.53. The molecule has 1 aliphatic carbocycles. The number of aromatic nitrogens is 2. The van der Waals surface area contributed by atoms with Gasteiger partial charge >= 0.3 is 0 Å². The lowest BCUT2D eigenvalue weighted by Crippen LogP contribution is -2.36. The van der Waals surface area contributed by atoms with Gasteiger partial charge in [0.05, 0.1) is 30.4 Å². The number of nitriles is 1. The SMILES string of the molecule is CN=C(NC#N)NC[C@@H]1[C@H]2C[C@@H](c3cnc[nH]3)O[C@@H]12. The molecule has 1 saturated heterocycles. The van der Waals surface area contributed by atoms with E-state index in [1.165, 1.54) is 0 Å². The number of aromatic amines is 1. The molecule has 0 radical (unpaired) electrons. The monoisotopic (exact) mass is 260 g/mol. The molecule has 2 heterocycles. The smallest absolute Gasteiger partial charge is 0.204 e. The molecular weight excluding hydrogens is 244 g/mol. The van der Waals surface area contributed by atoms with E-state index in [4.69, 9.17) is 10.00 Å². The Bertz CT molecular complexity index is 493. The molecule has 3 rings (SSSR count). The van der Waals surface area contributed by atoms with E-state index in [-0.39, 0.29) is 6.10 Å². The zero-order valence-electron chi connectivity index (χ0n) is 10.6. The predicted molar refractivity (Wildman–Crippen MR) is 67.9 cm³/mol. The van der Waals surface area contributed by atoms with Crippen LogP contribution in [0.2, 0.25) is 0 Å². The summed E-state index contributed by atoms with van der Waals surface area (Å²) >= 11 is 0. The molecule has 0 unspecified atom stereocenters. The Morgan fingerprint density at radius 3 is 3.21 bits per heavy atom. The highest BCUT2D eigenvalue weighted by molar-refractivity contribution is 5.81. The van der Waals surface area contributed by atoms with Gasteiger partial charge in [0.15, 0.2) is 6.19 Å². The number of guanidine groups is 1. The summed E-state index contributed by atoms with van der Waals surface area (Å²) in [6.07, 6.45) is 6.86. The molecule has 7 nitrogen and oxygen atoms in total. The van der Waals surface area contributed by atoms with Crippen molar-refractivity contribution < 1.29 is 4.74 Å². The Balaban J connectivity index is 1.46. The van der Waals surface area contributed by atoms with Gasteiger partial charge in [-0.1, -0.05) is 0 Å². The lowest BCUT2D eigenvalue weighted by Gasteiger charge is -2.14. The van der Waals surface area contributed by atoms with E-state index in [9.17, 15) is 0 Å². The van der Waals surface area contributed by atoms with Crippen molar-refractivity contribution in [3.8, 4) is 6.19 Å². The molecule has 0 aromatic carbocycles. The van der Waals surface area contributed by atoms with Crippen LogP contribution in [0.1, 0.15) is 18.2 Å². The third-order valence-electron chi connectivity index (χ3n) is 3.83. The van der Waals surface area contributed by atoms with E-state index in [1.807, 2.05) is 12.4 Å². The van der Waals surface area contributed by atoms with Gasteiger partial charge in [-0.3, -0.25) is 10.3 Å². The zero-order chi connectivity index (χ0) is 13.2. The lowest BCUT2D eigenvalue weighted by molar-refractivity contribution is 0.0570. The van der Waals surface area contributed by atoms with Crippen LogP contribution in [0.15, 0.2) is 17.5 Å². The fraction of sp³-hybridized carbons (Fsp3) is 0.583. The minimum atomic E-state index is 0.158. The molecule has 2 fully saturated rings. The van der Waals surface area contributed by atoms with Crippen molar-refractivity contribution in [2.75, 3.05) is 13.6 Å². The fourth-order valence-electron chi connectivity index (χ4n) is 2.77. The van der Waals surface area contributed by atoms with E-state index < -0.39 is 0 Å². The first-order valence-electron chi connectivity index (χ1n) is 6.33. The van der Waals surface area contributed by atoms with E-state index in [0.717, 1.165) is 18.7 Å². The predicted octanol–water partition coefficient (Wildman–Crippen LogP) is 0.132. The average molecular weight is 260 g/mol. The molecule has 4 atom stereocenters. The largest absolute Gasteiger partial charge is 0.368 e. The molecule has 2 aliphatic rings. The lowest BCUT2D eigenvalue weighted by atomic mass is 10.1. The fourth-order valence-corrected chi connectivity index (χ4v) is 2.77. The molecule has 1 aromatic rings. The Kier molecular flexibility index (Phi) is 3.09. The summed E-state index contributed by atoms with van der Waals surface area (Å²) in [5.74, 6) is 1.62. The number of nitrogens with one attached hydrogen (secondary N) is 3. The van der Waals surface area contributed by atoms with Crippen LogP contribution in [0, 0.1) is 23.3 Å². The first kappa shape index (κ1) is 12.0. The van der Waals surface area contributed by atoms with Crippen molar-refractivity contribution >= 4 is 5.96 Å².